The van der Waals surface area contributed by atoms with Crippen molar-refractivity contribution in [3.8, 4) is 16.9 Å². The van der Waals surface area contributed by atoms with Crippen molar-refractivity contribution >= 4 is 5.97 Å². The fourth-order valence-corrected chi connectivity index (χ4v) is 2.82. The quantitative estimate of drug-likeness (QED) is 0.370. The van der Waals surface area contributed by atoms with Gasteiger partial charge in [-0.05, 0) is 42.5 Å². The second-order valence-electron chi connectivity index (χ2n) is 6.52. The van der Waals surface area contributed by atoms with E-state index in [4.69, 9.17) is 9.84 Å². The van der Waals surface area contributed by atoms with Crippen molar-refractivity contribution in [1.29, 1.82) is 0 Å². The maximum absolute atomic E-state index is 10.6. The predicted molar refractivity (Wildman–Crippen MR) is 106 cm³/mol. The van der Waals surface area contributed by atoms with Gasteiger partial charge in [0.05, 0.1) is 6.61 Å². The molecule has 0 bridgehead atoms. The van der Waals surface area contributed by atoms with E-state index in [2.05, 4.69) is 30.8 Å². The van der Waals surface area contributed by atoms with E-state index in [0.717, 1.165) is 50.9 Å². The van der Waals surface area contributed by atoms with Gasteiger partial charge in [-0.1, -0.05) is 74.7 Å². The number of aliphatic carboxylic acids is 1. The van der Waals surface area contributed by atoms with Gasteiger partial charge in [0.25, 0.3) is 0 Å². The van der Waals surface area contributed by atoms with Crippen LogP contribution >= 0.6 is 0 Å². The molecule has 3 heteroatoms. The lowest BCUT2D eigenvalue weighted by molar-refractivity contribution is -0.132. The lowest BCUT2D eigenvalue weighted by Gasteiger charge is -2.07. The highest BCUT2D eigenvalue weighted by atomic mass is 16.5. The first-order valence-corrected chi connectivity index (χ1v) is 9.36. The third-order valence-corrected chi connectivity index (χ3v) is 4.41. The number of carboxylic acids is 1. The molecule has 2 aromatic rings. The number of carbonyl (C=O) groups is 1. The van der Waals surface area contributed by atoms with Crippen LogP contribution in [0.25, 0.3) is 11.1 Å². The molecule has 0 spiro atoms. The van der Waals surface area contributed by atoms with Gasteiger partial charge >= 0.3 is 5.97 Å². The molecule has 0 aliphatic rings. The smallest absolute Gasteiger partial charge is 0.330 e. The van der Waals surface area contributed by atoms with Gasteiger partial charge < -0.3 is 9.84 Å². The van der Waals surface area contributed by atoms with Crippen molar-refractivity contribution in [3.63, 3.8) is 0 Å². The number of benzene rings is 2. The van der Waals surface area contributed by atoms with Crippen molar-refractivity contribution in [2.24, 2.45) is 0 Å². The molecule has 0 atom stereocenters. The molecule has 2 rings (SSSR count). The highest BCUT2D eigenvalue weighted by molar-refractivity contribution is 5.85. The molecule has 3 nitrogen and oxygen atoms in total. The van der Waals surface area contributed by atoms with Crippen molar-refractivity contribution in [2.75, 3.05) is 6.61 Å². The summed E-state index contributed by atoms with van der Waals surface area (Å²) in [5, 5.41) is 8.74. The Morgan fingerprint density at radius 1 is 0.808 bits per heavy atom. The maximum Gasteiger partial charge on any atom is 0.330 e. The van der Waals surface area contributed by atoms with Gasteiger partial charge in [-0.15, -0.1) is 0 Å². The van der Waals surface area contributed by atoms with E-state index < -0.39 is 5.97 Å². The topological polar surface area (TPSA) is 46.5 Å². The Hall–Kier alpha value is -2.55. The Labute approximate surface area is 156 Å². The van der Waals surface area contributed by atoms with Crippen LogP contribution in [0.1, 0.15) is 44.9 Å². The van der Waals surface area contributed by atoms with Crippen molar-refractivity contribution in [1.82, 2.24) is 0 Å². The third kappa shape index (κ3) is 7.14. The van der Waals surface area contributed by atoms with Crippen LogP contribution in [0.2, 0.25) is 0 Å². The number of rotatable bonds is 12. The minimum atomic E-state index is -0.876. The van der Waals surface area contributed by atoms with E-state index in [-0.39, 0.29) is 0 Å². The average Bonchev–Trinajstić information content (AvgIpc) is 2.67. The Morgan fingerprint density at radius 3 is 2.04 bits per heavy atom. The number of unbranched alkanes of at least 4 members (excludes halogenated alkanes) is 5. The molecular formula is C23H28O3. The van der Waals surface area contributed by atoms with E-state index in [0.29, 0.717) is 12.0 Å². The lowest BCUT2D eigenvalue weighted by Crippen LogP contribution is -1.98. The van der Waals surface area contributed by atoms with Gasteiger partial charge in [-0.2, -0.15) is 0 Å². The van der Waals surface area contributed by atoms with Crippen LogP contribution in [-0.2, 0) is 4.79 Å². The van der Waals surface area contributed by atoms with Gasteiger partial charge in [0, 0.05) is 5.57 Å². The number of hydrogen-bond acceptors (Lipinski definition) is 2. The van der Waals surface area contributed by atoms with Crippen LogP contribution in [0.4, 0.5) is 0 Å². The van der Waals surface area contributed by atoms with Crippen molar-refractivity contribution in [2.45, 2.75) is 44.9 Å². The van der Waals surface area contributed by atoms with Gasteiger partial charge in [0.2, 0.25) is 0 Å². The Bertz CT molecular complexity index is 674. The van der Waals surface area contributed by atoms with Crippen LogP contribution in [0.3, 0.4) is 0 Å². The average molecular weight is 352 g/mol. The van der Waals surface area contributed by atoms with Crippen molar-refractivity contribution < 1.29 is 14.6 Å². The van der Waals surface area contributed by atoms with Gasteiger partial charge in [-0.3, -0.25) is 0 Å². The van der Waals surface area contributed by atoms with Gasteiger partial charge in [-0.25, -0.2) is 4.79 Å². The molecule has 138 valence electrons. The number of ether oxygens (including phenoxy) is 1. The first kappa shape index (κ1) is 19.8. The maximum atomic E-state index is 10.6. The zero-order valence-corrected chi connectivity index (χ0v) is 15.3. The SMILES string of the molecule is C=C(CCCCCCCCOc1ccc(-c2ccccc2)cc1)C(=O)O. The van der Waals surface area contributed by atoms with E-state index >= 15 is 0 Å². The molecule has 2 aromatic carbocycles. The molecule has 0 fully saturated rings. The molecule has 0 unspecified atom stereocenters. The first-order chi connectivity index (χ1) is 12.7. The van der Waals surface area contributed by atoms with Gasteiger partial charge in [0.1, 0.15) is 5.75 Å². The molecular weight excluding hydrogens is 324 g/mol. The highest BCUT2D eigenvalue weighted by Crippen LogP contribution is 2.22. The zero-order valence-electron chi connectivity index (χ0n) is 15.3. The summed E-state index contributed by atoms with van der Waals surface area (Å²) in [7, 11) is 0. The van der Waals surface area contributed by atoms with E-state index in [1.807, 2.05) is 30.3 Å². The van der Waals surface area contributed by atoms with Crippen molar-refractivity contribution in [3.05, 3.63) is 66.7 Å². The molecule has 0 radical (unpaired) electrons. The third-order valence-electron chi connectivity index (χ3n) is 4.41. The summed E-state index contributed by atoms with van der Waals surface area (Å²) in [6.07, 6.45) is 7.06. The van der Waals surface area contributed by atoms with Crippen LogP contribution in [-0.4, -0.2) is 17.7 Å². The lowest BCUT2D eigenvalue weighted by atomic mass is 10.1. The fraction of sp³-hybridized carbons (Fsp3) is 0.348. The second-order valence-corrected chi connectivity index (χ2v) is 6.52. The van der Waals surface area contributed by atoms with Crippen LogP contribution < -0.4 is 4.74 Å². The number of hydrogen-bond donors (Lipinski definition) is 1. The summed E-state index contributed by atoms with van der Waals surface area (Å²) in [4.78, 5) is 10.6. The van der Waals surface area contributed by atoms with E-state index in [1.165, 1.54) is 11.1 Å². The van der Waals surface area contributed by atoms with E-state index in [9.17, 15) is 4.79 Å². The zero-order chi connectivity index (χ0) is 18.6. The van der Waals surface area contributed by atoms with Gasteiger partial charge in [0.15, 0.2) is 0 Å². The summed E-state index contributed by atoms with van der Waals surface area (Å²) in [5.41, 5.74) is 2.73. The standard InChI is InChI=1S/C23H28O3/c1-19(23(24)25)11-7-4-2-3-5-10-18-26-22-16-14-21(15-17-22)20-12-8-6-9-13-20/h6,8-9,12-17H,1-5,7,10-11,18H2,(H,24,25). The normalized spacial score (nSPS) is 10.5. The Kier molecular flexibility index (Phi) is 8.47. The first-order valence-electron chi connectivity index (χ1n) is 9.36. The second kappa shape index (κ2) is 11.1. The summed E-state index contributed by atoms with van der Waals surface area (Å²) < 4.78 is 5.81. The van der Waals surface area contributed by atoms with Crippen LogP contribution in [0.5, 0.6) is 5.75 Å². The molecule has 26 heavy (non-hydrogen) atoms. The molecule has 0 heterocycles. The number of carboxylic acid groups (broad SMARTS) is 1. The monoisotopic (exact) mass is 352 g/mol. The summed E-state index contributed by atoms with van der Waals surface area (Å²) >= 11 is 0. The summed E-state index contributed by atoms with van der Waals surface area (Å²) in [5.74, 6) is 0.0378. The Balaban J connectivity index is 1.54. The highest BCUT2D eigenvalue weighted by Gasteiger charge is 2.02. The van der Waals surface area contributed by atoms with Crippen LogP contribution in [0, 0.1) is 0 Å². The molecule has 1 N–H and O–H groups in total. The van der Waals surface area contributed by atoms with E-state index in [1.54, 1.807) is 0 Å². The largest absolute Gasteiger partial charge is 0.494 e. The molecule has 0 saturated carbocycles. The summed E-state index contributed by atoms with van der Waals surface area (Å²) in [6.45, 7) is 4.28. The minimum absolute atomic E-state index is 0.316. The molecule has 0 aliphatic heterocycles. The summed E-state index contributed by atoms with van der Waals surface area (Å²) in [6, 6.07) is 18.6. The predicted octanol–water partition coefficient (Wildman–Crippen LogP) is 6.10. The fourth-order valence-electron chi connectivity index (χ4n) is 2.82. The Morgan fingerprint density at radius 2 is 1.38 bits per heavy atom. The molecule has 0 aliphatic carbocycles. The molecule has 0 saturated heterocycles. The van der Waals surface area contributed by atoms with Crippen LogP contribution in [0.15, 0.2) is 66.7 Å². The minimum Gasteiger partial charge on any atom is -0.494 e. The molecule has 0 aromatic heterocycles. The molecule has 0 amide bonds.